The van der Waals surface area contributed by atoms with Crippen LogP contribution in [-0.2, 0) is 16.0 Å². The number of hydrogen-bond acceptors (Lipinski definition) is 8. The number of rotatable bonds is 10. The number of pyridine rings is 2. The molecule has 2 aliphatic rings. The van der Waals surface area contributed by atoms with Crippen molar-refractivity contribution in [3.05, 3.63) is 42.2 Å². The first-order valence-electron chi connectivity index (χ1n) is 12.9. The maximum atomic E-state index is 12.4. The van der Waals surface area contributed by atoms with Gasteiger partial charge in [0.15, 0.2) is 5.75 Å². The quantitative estimate of drug-likeness (QED) is 0.479. The summed E-state index contributed by atoms with van der Waals surface area (Å²) in [5, 5.41) is 0. The molecule has 2 atom stereocenters. The van der Waals surface area contributed by atoms with E-state index in [4.69, 9.17) is 23.9 Å². The summed E-state index contributed by atoms with van der Waals surface area (Å²) in [7, 11) is 1.63. The van der Waals surface area contributed by atoms with Crippen molar-refractivity contribution in [2.75, 3.05) is 44.9 Å². The minimum absolute atomic E-state index is 0.0204. The van der Waals surface area contributed by atoms with Gasteiger partial charge in [0, 0.05) is 45.0 Å². The second-order valence-electron chi connectivity index (χ2n) is 9.56. The van der Waals surface area contributed by atoms with Gasteiger partial charge in [-0.25, -0.2) is 4.79 Å². The highest BCUT2D eigenvalue weighted by molar-refractivity contribution is 5.67. The Bertz CT molecular complexity index is 962. The number of carbonyl (C=O) groups excluding carboxylic acids is 1. The van der Waals surface area contributed by atoms with Gasteiger partial charge >= 0.3 is 6.09 Å². The van der Waals surface area contributed by atoms with Crippen LogP contribution in [0.25, 0.3) is 0 Å². The van der Waals surface area contributed by atoms with Gasteiger partial charge in [-0.2, -0.15) is 4.98 Å². The van der Waals surface area contributed by atoms with Crippen LogP contribution in [0.15, 0.2) is 36.7 Å². The minimum Gasteiger partial charge on any atom is -0.491 e. The monoisotopic (exact) mass is 498 g/mol. The van der Waals surface area contributed by atoms with E-state index in [1.165, 1.54) is 0 Å². The first-order valence-corrected chi connectivity index (χ1v) is 12.9. The van der Waals surface area contributed by atoms with Gasteiger partial charge in [0.2, 0.25) is 0 Å². The Morgan fingerprint density at radius 2 is 2.08 bits per heavy atom. The zero-order valence-corrected chi connectivity index (χ0v) is 21.6. The number of hydrogen-bond donors (Lipinski definition) is 0. The van der Waals surface area contributed by atoms with Gasteiger partial charge in [-0.15, -0.1) is 0 Å². The van der Waals surface area contributed by atoms with Gasteiger partial charge in [-0.1, -0.05) is 13.0 Å². The van der Waals surface area contributed by atoms with Gasteiger partial charge in [0.05, 0.1) is 20.3 Å². The van der Waals surface area contributed by atoms with Gasteiger partial charge in [-0.3, -0.25) is 4.98 Å². The number of likely N-dealkylation sites (tertiary alicyclic amines) is 1. The number of methoxy groups -OCH3 is 1. The molecule has 0 N–H and O–H groups in total. The molecule has 4 heterocycles. The van der Waals surface area contributed by atoms with Crippen molar-refractivity contribution >= 4 is 11.9 Å². The Morgan fingerprint density at radius 1 is 1.25 bits per heavy atom. The summed E-state index contributed by atoms with van der Waals surface area (Å²) in [6.07, 6.45) is 6.87. The highest BCUT2D eigenvalue weighted by Crippen LogP contribution is 2.31. The maximum absolute atomic E-state index is 12.4. The van der Waals surface area contributed by atoms with Crippen LogP contribution in [0.4, 0.5) is 10.6 Å². The molecule has 0 aromatic carbocycles. The van der Waals surface area contributed by atoms with E-state index < -0.39 is 0 Å². The molecular weight excluding hydrogens is 460 g/mol. The minimum atomic E-state index is -0.204. The normalized spacial score (nSPS) is 19.1. The maximum Gasteiger partial charge on any atom is 0.410 e. The predicted octanol–water partition coefficient (Wildman–Crippen LogP) is 4.31. The largest absolute Gasteiger partial charge is 0.491 e. The molecule has 196 valence electrons. The highest BCUT2D eigenvalue weighted by Gasteiger charge is 2.27. The molecule has 0 spiro atoms. The van der Waals surface area contributed by atoms with Crippen LogP contribution >= 0.6 is 0 Å². The number of aromatic nitrogens is 2. The Morgan fingerprint density at radius 3 is 2.75 bits per heavy atom. The number of amides is 1. The van der Waals surface area contributed by atoms with Crippen LogP contribution in [-0.4, -0.2) is 73.1 Å². The third-order valence-corrected chi connectivity index (χ3v) is 6.85. The van der Waals surface area contributed by atoms with Gasteiger partial charge in [-0.05, 0) is 55.9 Å². The predicted molar refractivity (Wildman–Crippen MR) is 136 cm³/mol. The summed E-state index contributed by atoms with van der Waals surface area (Å²) in [5.74, 6) is 2.35. The Kier molecular flexibility index (Phi) is 9.22. The van der Waals surface area contributed by atoms with Crippen LogP contribution < -0.4 is 14.4 Å². The van der Waals surface area contributed by atoms with Crippen LogP contribution in [0.1, 0.15) is 45.1 Å². The molecule has 0 radical (unpaired) electrons. The van der Waals surface area contributed by atoms with Gasteiger partial charge < -0.3 is 28.7 Å². The summed E-state index contributed by atoms with van der Waals surface area (Å²) in [5.41, 5.74) is 1.11. The Labute approximate surface area is 213 Å². The summed E-state index contributed by atoms with van der Waals surface area (Å²) < 4.78 is 22.7. The van der Waals surface area contributed by atoms with Gasteiger partial charge in [0.25, 0.3) is 5.88 Å². The van der Waals surface area contributed by atoms with Crippen LogP contribution in [0.5, 0.6) is 11.6 Å². The molecule has 9 nitrogen and oxygen atoms in total. The zero-order valence-electron chi connectivity index (χ0n) is 21.6. The molecule has 2 aromatic rings. The van der Waals surface area contributed by atoms with E-state index in [-0.39, 0.29) is 18.3 Å². The van der Waals surface area contributed by atoms with E-state index in [9.17, 15) is 4.79 Å². The molecule has 1 amide bonds. The molecule has 0 saturated carbocycles. The lowest BCUT2D eigenvalue weighted by atomic mass is 9.96. The average Bonchev–Trinajstić information content (AvgIpc) is 3.42. The molecule has 36 heavy (non-hydrogen) atoms. The first kappa shape index (κ1) is 26.0. The number of nitrogens with zero attached hydrogens (tertiary/aromatic N) is 4. The Hall–Kier alpha value is -3.07. The molecule has 2 aromatic heterocycles. The van der Waals surface area contributed by atoms with E-state index in [0.717, 1.165) is 43.6 Å². The summed E-state index contributed by atoms with van der Waals surface area (Å²) in [6, 6.07) is 7.92. The fourth-order valence-electron chi connectivity index (χ4n) is 4.49. The zero-order chi connectivity index (χ0) is 25.3. The van der Waals surface area contributed by atoms with Crippen molar-refractivity contribution in [1.29, 1.82) is 0 Å². The van der Waals surface area contributed by atoms with E-state index in [1.807, 2.05) is 43.1 Å². The molecule has 0 bridgehead atoms. The third kappa shape index (κ3) is 7.00. The second-order valence-corrected chi connectivity index (χ2v) is 9.56. The summed E-state index contributed by atoms with van der Waals surface area (Å²) in [6.45, 7) is 8.10. The molecule has 2 fully saturated rings. The van der Waals surface area contributed by atoms with Crippen molar-refractivity contribution in [2.24, 2.45) is 5.92 Å². The number of carbonyl (C=O) groups is 1. The molecule has 2 saturated heterocycles. The van der Waals surface area contributed by atoms with Crippen LogP contribution in [0.3, 0.4) is 0 Å². The molecular formula is C27H38N4O5. The van der Waals surface area contributed by atoms with Crippen molar-refractivity contribution in [1.82, 2.24) is 14.9 Å². The van der Waals surface area contributed by atoms with Gasteiger partial charge in [0.1, 0.15) is 18.0 Å². The third-order valence-electron chi connectivity index (χ3n) is 6.85. The fourth-order valence-corrected chi connectivity index (χ4v) is 4.49. The van der Waals surface area contributed by atoms with Crippen molar-refractivity contribution in [3.8, 4) is 11.6 Å². The molecule has 9 heteroatoms. The van der Waals surface area contributed by atoms with E-state index >= 15 is 0 Å². The highest BCUT2D eigenvalue weighted by atomic mass is 16.6. The SMILES string of the molecule is CCC(C)OC(=O)N1CCC(CN(Cc2cccnc2)c2ccc(OC)c(OC3CCOC3)n2)CC1. The molecule has 0 aliphatic carbocycles. The fraction of sp³-hybridized carbons (Fsp3) is 0.593. The molecule has 4 rings (SSSR count). The van der Waals surface area contributed by atoms with E-state index in [2.05, 4.69) is 16.0 Å². The first-order chi connectivity index (χ1) is 17.6. The standard InChI is InChI=1S/C27H38N4O5/c1-4-20(2)35-27(32)30-13-9-21(10-14-30)17-31(18-22-6-5-12-28-16-22)25-8-7-24(33-3)26(29-25)36-23-11-15-34-19-23/h5-8,12,16,20-21,23H,4,9-11,13-15,17-19H2,1-3H3. The van der Waals surface area contributed by atoms with Crippen molar-refractivity contribution < 1.29 is 23.7 Å². The lowest BCUT2D eigenvalue weighted by Gasteiger charge is -2.35. The number of ether oxygens (including phenoxy) is 4. The summed E-state index contributed by atoms with van der Waals surface area (Å²) >= 11 is 0. The Balaban J connectivity index is 1.47. The van der Waals surface area contributed by atoms with E-state index in [1.54, 1.807) is 13.3 Å². The number of piperidine rings is 1. The summed E-state index contributed by atoms with van der Waals surface area (Å²) in [4.78, 5) is 25.7. The van der Waals surface area contributed by atoms with Crippen LogP contribution in [0.2, 0.25) is 0 Å². The van der Waals surface area contributed by atoms with E-state index in [0.29, 0.717) is 50.4 Å². The smallest absolute Gasteiger partial charge is 0.410 e. The number of anilines is 1. The van der Waals surface area contributed by atoms with Crippen molar-refractivity contribution in [2.45, 2.75) is 58.3 Å². The lowest BCUT2D eigenvalue weighted by Crippen LogP contribution is -2.42. The topological polar surface area (TPSA) is 86.3 Å². The molecule has 2 aliphatic heterocycles. The van der Waals surface area contributed by atoms with Crippen LogP contribution in [0, 0.1) is 5.92 Å². The average molecular weight is 499 g/mol. The second kappa shape index (κ2) is 12.8. The molecule has 2 unspecified atom stereocenters. The lowest BCUT2D eigenvalue weighted by molar-refractivity contribution is 0.0583. The van der Waals surface area contributed by atoms with Crippen molar-refractivity contribution in [3.63, 3.8) is 0 Å².